The minimum atomic E-state index is -0.0496. The molecule has 2 atom stereocenters. The van der Waals surface area contributed by atoms with E-state index in [2.05, 4.69) is 43.5 Å². The van der Waals surface area contributed by atoms with Crippen LogP contribution in [0.15, 0.2) is 18.2 Å². The maximum Gasteiger partial charge on any atom is 0.127 e. The molecule has 3 heteroatoms. The van der Waals surface area contributed by atoms with Gasteiger partial charge in [-0.2, -0.15) is 0 Å². The molecule has 1 aliphatic rings. The summed E-state index contributed by atoms with van der Waals surface area (Å²) in [5, 5.41) is -0.0496. The standard InChI is InChI=1S/C17H23ClN2/c1-11-5-6-15-14(9-11)19-16(12(2)18)20(15)13-7-8-17(3,4)10-13/h5-6,9,12-13H,7-8,10H2,1-4H3. The molecular weight excluding hydrogens is 268 g/mol. The van der Waals surface area contributed by atoms with Gasteiger partial charge in [-0.1, -0.05) is 19.9 Å². The molecule has 1 aliphatic carbocycles. The van der Waals surface area contributed by atoms with E-state index in [1.54, 1.807) is 0 Å². The summed E-state index contributed by atoms with van der Waals surface area (Å²) in [6, 6.07) is 7.07. The monoisotopic (exact) mass is 290 g/mol. The number of benzene rings is 1. The van der Waals surface area contributed by atoms with E-state index in [4.69, 9.17) is 16.6 Å². The van der Waals surface area contributed by atoms with Crippen LogP contribution in [0.1, 0.15) is 62.8 Å². The Labute approximate surface area is 126 Å². The van der Waals surface area contributed by atoms with Gasteiger partial charge < -0.3 is 4.57 Å². The predicted molar refractivity (Wildman–Crippen MR) is 85.4 cm³/mol. The molecule has 3 rings (SSSR count). The lowest BCUT2D eigenvalue weighted by molar-refractivity contribution is 0.358. The van der Waals surface area contributed by atoms with Gasteiger partial charge in [0.1, 0.15) is 5.82 Å². The zero-order valence-electron chi connectivity index (χ0n) is 12.8. The number of hydrogen-bond donors (Lipinski definition) is 0. The second kappa shape index (κ2) is 4.77. The molecule has 1 aromatic heterocycles. The molecule has 1 fully saturated rings. The topological polar surface area (TPSA) is 17.8 Å². The van der Waals surface area contributed by atoms with Crippen molar-refractivity contribution >= 4 is 22.6 Å². The summed E-state index contributed by atoms with van der Waals surface area (Å²) in [7, 11) is 0. The van der Waals surface area contributed by atoms with Gasteiger partial charge in [-0.25, -0.2) is 4.98 Å². The number of imidazole rings is 1. The normalized spacial score (nSPS) is 23.4. The first-order valence-corrected chi connectivity index (χ1v) is 7.93. The van der Waals surface area contributed by atoms with E-state index in [0.29, 0.717) is 11.5 Å². The van der Waals surface area contributed by atoms with Crippen molar-refractivity contribution in [3.05, 3.63) is 29.6 Å². The average molecular weight is 291 g/mol. The Morgan fingerprint density at radius 1 is 1.40 bits per heavy atom. The van der Waals surface area contributed by atoms with Crippen LogP contribution < -0.4 is 0 Å². The molecule has 0 spiro atoms. The first kappa shape index (κ1) is 13.9. The first-order chi connectivity index (χ1) is 9.37. The van der Waals surface area contributed by atoms with E-state index < -0.39 is 0 Å². The summed E-state index contributed by atoms with van der Waals surface area (Å²) >= 11 is 6.39. The van der Waals surface area contributed by atoms with Gasteiger partial charge in [0.2, 0.25) is 0 Å². The Hall–Kier alpha value is -1.02. The molecule has 2 nitrogen and oxygen atoms in total. The lowest BCUT2D eigenvalue weighted by Gasteiger charge is -2.21. The van der Waals surface area contributed by atoms with Crippen LogP contribution >= 0.6 is 11.6 Å². The molecule has 0 radical (unpaired) electrons. The summed E-state index contributed by atoms with van der Waals surface area (Å²) in [5.41, 5.74) is 4.00. The van der Waals surface area contributed by atoms with Crippen molar-refractivity contribution in [2.24, 2.45) is 5.41 Å². The average Bonchev–Trinajstić information content (AvgIpc) is 2.88. The number of aromatic nitrogens is 2. The fourth-order valence-electron chi connectivity index (χ4n) is 3.51. The van der Waals surface area contributed by atoms with Crippen molar-refractivity contribution in [3.63, 3.8) is 0 Å². The smallest absolute Gasteiger partial charge is 0.127 e. The third kappa shape index (κ3) is 2.35. The molecule has 2 unspecified atom stereocenters. The van der Waals surface area contributed by atoms with Crippen molar-refractivity contribution in [1.29, 1.82) is 0 Å². The van der Waals surface area contributed by atoms with E-state index in [0.717, 1.165) is 11.3 Å². The Balaban J connectivity index is 2.15. The number of nitrogens with zero attached hydrogens (tertiary/aromatic N) is 2. The van der Waals surface area contributed by atoms with Crippen LogP contribution in [0.2, 0.25) is 0 Å². The fraction of sp³-hybridized carbons (Fsp3) is 0.588. The molecule has 2 aromatic rings. The molecule has 20 heavy (non-hydrogen) atoms. The molecule has 0 saturated heterocycles. The zero-order chi connectivity index (χ0) is 14.5. The number of aryl methyl sites for hydroxylation is 1. The van der Waals surface area contributed by atoms with Crippen LogP contribution in [0.3, 0.4) is 0 Å². The van der Waals surface area contributed by atoms with Gasteiger partial charge in [0.15, 0.2) is 0 Å². The van der Waals surface area contributed by atoms with Gasteiger partial charge in [0.25, 0.3) is 0 Å². The van der Waals surface area contributed by atoms with Crippen molar-refractivity contribution < 1.29 is 0 Å². The largest absolute Gasteiger partial charge is 0.324 e. The quantitative estimate of drug-likeness (QED) is 0.678. The molecular formula is C17H23ClN2. The van der Waals surface area contributed by atoms with E-state index in [-0.39, 0.29) is 5.38 Å². The first-order valence-electron chi connectivity index (χ1n) is 7.50. The number of fused-ring (bicyclic) bond motifs is 1. The van der Waals surface area contributed by atoms with Crippen molar-refractivity contribution in [1.82, 2.24) is 9.55 Å². The van der Waals surface area contributed by atoms with Crippen LogP contribution in [-0.4, -0.2) is 9.55 Å². The van der Waals surface area contributed by atoms with Crippen molar-refractivity contribution in [3.8, 4) is 0 Å². The maximum absolute atomic E-state index is 6.39. The van der Waals surface area contributed by atoms with Crippen LogP contribution in [0, 0.1) is 12.3 Å². The highest BCUT2D eigenvalue weighted by Crippen LogP contribution is 2.45. The molecule has 1 heterocycles. The minimum absolute atomic E-state index is 0.0496. The Morgan fingerprint density at radius 3 is 2.75 bits per heavy atom. The summed E-state index contributed by atoms with van der Waals surface area (Å²) in [6.07, 6.45) is 3.71. The summed E-state index contributed by atoms with van der Waals surface area (Å²) in [5.74, 6) is 1.02. The second-order valence-corrected chi connectivity index (χ2v) is 7.66. The predicted octanol–water partition coefficient (Wildman–Crippen LogP) is 5.40. The van der Waals surface area contributed by atoms with Gasteiger partial charge in [0.05, 0.1) is 16.4 Å². The van der Waals surface area contributed by atoms with E-state index in [9.17, 15) is 0 Å². The van der Waals surface area contributed by atoms with Crippen molar-refractivity contribution in [2.45, 2.75) is 58.4 Å². The van der Waals surface area contributed by atoms with Crippen LogP contribution in [0.5, 0.6) is 0 Å². The third-order valence-corrected chi connectivity index (χ3v) is 4.73. The summed E-state index contributed by atoms with van der Waals surface area (Å²) in [6.45, 7) is 8.85. The third-order valence-electron chi connectivity index (χ3n) is 4.54. The zero-order valence-corrected chi connectivity index (χ0v) is 13.5. The molecule has 0 N–H and O–H groups in total. The van der Waals surface area contributed by atoms with Crippen LogP contribution in [0.25, 0.3) is 11.0 Å². The fourth-order valence-corrected chi connectivity index (χ4v) is 3.67. The highest BCUT2D eigenvalue weighted by molar-refractivity contribution is 6.20. The molecule has 0 bridgehead atoms. The Morgan fingerprint density at radius 2 is 2.15 bits per heavy atom. The highest BCUT2D eigenvalue weighted by Gasteiger charge is 2.34. The van der Waals surface area contributed by atoms with E-state index >= 15 is 0 Å². The summed E-state index contributed by atoms with van der Waals surface area (Å²) < 4.78 is 2.40. The number of alkyl halides is 1. The summed E-state index contributed by atoms with van der Waals surface area (Å²) in [4.78, 5) is 4.80. The van der Waals surface area contributed by atoms with Gasteiger partial charge in [-0.05, 0) is 56.2 Å². The second-order valence-electron chi connectivity index (χ2n) is 7.01. The van der Waals surface area contributed by atoms with Crippen molar-refractivity contribution in [2.75, 3.05) is 0 Å². The maximum atomic E-state index is 6.39. The lowest BCUT2D eigenvalue weighted by Crippen LogP contribution is -2.12. The molecule has 0 amide bonds. The minimum Gasteiger partial charge on any atom is -0.324 e. The van der Waals surface area contributed by atoms with E-state index in [1.807, 2.05) is 6.92 Å². The number of halogens is 1. The van der Waals surface area contributed by atoms with E-state index in [1.165, 1.54) is 30.3 Å². The lowest BCUT2D eigenvalue weighted by atomic mass is 9.92. The molecule has 108 valence electrons. The van der Waals surface area contributed by atoms with Gasteiger partial charge in [-0.15, -0.1) is 11.6 Å². The molecule has 1 aromatic carbocycles. The van der Waals surface area contributed by atoms with Gasteiger partial charge >= 0.3 is 0 Å². The molecule has 0 aliphatic heterocycles. The Kier molecular flexibility index (Phi) is 3.32. The number of rotatable bonds is 2. The van der Waals surface area contributed by atoms with Gasteiger partial charge in [-0.3, -0.25) is 0 Å². The van der Waals surface area contributed by atoms with Crippen LogP contribution in [0.4, 0.5) is 0 Å². The highest BCUT2D eigenvalue weighted by atomic mass is 35.5. The SMILES string of the molecule is Cc1ccc2c(c1)nc(C(C)Cl)n2C1CCC(C)(C)C1. The molecule has 1 saturated carbocycles. The Bertz CT molecular complexity index is 640. The van der Waals surface area contributed by atoms with Crippen LogP contribution in [-0.2, 0) is 0 Å². The number of hydrogen-bond acceptors (Lipinski definition) is 1. The van der Waals surface area contributed by atoms with Gasteiger partial charge in [0, 0.05) is 6.04 Å².